The predicted molar refractivity (Wildman–Crippen MR) is 228 cm³/mol. The van der Waals surface area contributed by atoms with Crippen LogP contribution in [0.3, 0.4) is 0 Å². The van der Waals surface area contributed by atoms with E-state index in [1.165, 1.54) is 141 Å². The van der Waals surface area contributed by atoms with Crippen LogP contribution in [0, 0.1) is 0 Å². The second kappa shape index (κ2) is 42.4. The van der Waals surface area contributed by atoms with E-state index < -0.39 is 13.9 Å². The van der Waals surface area contributed by atoms with Gasteiger partial charge in [0.1, 0.15) is 6.61 Å². The third-order valence-electron chi connectivity index (χ3n) is 9.28. The van der Waals surface area contributed by atoms with E-state index in [9.17, 15) is 14.3 Å². The van der Waals surface area contributed by atoms with Gasteiger partial charge in [-0.3, -0.25) is 13.8 Å². The van der Waals surface area contributed by atoms with E-state index in [-0.39, 0.29) is 32.3 Å². The minimum Gasteiger partial charge on any atom is -0.498 e. The monoisotopic (exact) mass is 782 g/mol. The van der Waals surface area contributed by atoms with E-state index in [0.29, 0.717) is 6.42 Å². The summed E-state index contributed by atoms with van der Waals surface area (Å²) < 4.78 is 33.2. The summed E-state index contributed by atoms with van der Waals surface area (Å²) in [5.74, 6) is -0.359. The van der Waals surface area contributed by atoms with Gasteiger partial charge in [0, 0.05) is 13.0 Å². The first kappa shape index (κ1) is 52.3. The molecule has 0 aliphatic heterocycles. The average Bonchev–Trinajstić information content (AvgIpc) is 3.16. The van der Waals surface area contributed by atoms with Crippen LogP contribution in [0.25, 0.3) is 0 Å². The van der Waals surface area contributed by atoms with E-state index in [4.69, 9.17) is 24.3 Å². The third-order valence-corrected chi connectivity index (χ3v) is 10.3. The first-order valence-corrected chi connectivity index (χ1v) is 23.7. The Morgan fingerprint density at radius 2 is 1.00 bits per heavy atom. The van der Waals surface area contributed by atoms with Crippen LogP contribution in [0.4, 0.5) is 0 Å². The maximum absolute atomic E-state index is 12.6. The lowest BCUT2D eigenvalue weighted by molar-refractivity contribution is -0.153. The molecule has 8 nitrogen and oxygen atoms in total. The summed E-state index contributed by atoms with van der Waals surface area (Å²) in [6, 6.07) is 0. The van der Waals surface area contributed by atoms with E-state index in [1.54, 1.807) is 6.26 Å². The van der Waals surface area contributed by atoms with Crippen LogP contribution in [-0.4, -0.2) is 43.3 Å². The van der Waals surface area contributed by atoms with Crippen molar-refractivity contribution in [2.24, 2.45) is 5.73 Å². The largest absolute Gasteiger partial charge is 0.498 e. The van der Waals surface area contributed by atoms with Crippen LogP contribution in [0.15, 0.2) is 48.8 Å². The van der Waals surface area contributed by atoms with E-state index in [0.717, 1.165) is 38.5 Å². The number of unbranched alkanes of at least 4 members (excludes halogenated alkanes) is 23. The number of carbonyl (C=O) groups is 1. The Morgan fingerprint density at radius 3 is 1.52 bits per heavy atom. The zero-order chi connectivity index (χ0) is 39.5. The molecule has 0 bridgehead atoms. The number of carbonyl (C=O) groups excluding carboxylic acids is 1. The van der Waals surface area contributed by atoms with E-state index in [1.807, 2.05) is 6.08 Å². The molecule has 0 rings (SSSR count). The summed E-state index contributed by atoms with van der Waals surface area (Å²) in [5, 5.41) is 0. The average molecular weight is 782 g/mol. The molecule has 0 saturated carbocycles. The minimum atomic E-state index is -4.30. The summed E-state index contributed by atoms with van der Waals surface area (Å²) >= 11 is 0. The van der Waals surface area contributed by atoms with Gasteiger partial charge < -0.3 is 20.1 Å². The molecule has 0 saturated heterocycles. The highest BCUT2D eigenvalue weighted by Gasteiger charge is 2.25. The number of rotatable bonds is 42. The number of nitrogens with two attached hydrogens (primary N) is 1. The summed E-state index contributed by atoms with van der Waals surface area (Å²) in [6.07, 6.45) is 50.7. The highest BCUT2D eigenvalue weighted by Crippen LogP contribution is 2.43. The maximum atomic E-state index is 12.6. The summed E-state index contributed by atoms with van der Waals surface area (Å²) in [5.41, 5.74) is 5.36. The molecular formula is C45H84NO7P. The predicted octanol–water partition coefficient (Wildman–Crippen LogP) is 13.5. The van der Waals surface area contributed by atoms with E-state index in [2.05, 4.69) is 50.3 Å². The maximum Gasteiger partial charge on any atom is 0.472 e. The lowest BCUT2D eigenvalue weighted by Crippen LogP contribution is -2.27. The van der Waals surface area contributed by atoms with Crippen molar-refractivity contribution < 1.29 is 32.8 Å². The van der Waals surface area contributed by atoms with Crippen LogP contribution in [0.1, 0.15) is 200 Å². The Balaban J connectivity index is 4.08. The number of esters is 1. The Bertz CT molecular complexity index is 968. The number of ether oxygens (including phenoxy) is 2. The number of allylic oxidation sites excluding steroid dienone is 7. The molecule has 0 aliphatic rings. The van der Waals surface area contributed by atoms with Gasteiger partial charge in [-0.05, 0) is 83.1 Å². The fourth-order valence-electron chi connectivity index (χ4n) is 5.99. The molecule has 0 aromatic rings. The molecule has 0 radical (unpaired) electrons. The van der Waals surface area contributed by atoms with Crippen molar-refractivity contribution in [2.45, 2.75) is 206 Å². The molecule has 0 heterocycles. The van der Waals surface area contributed by atoms with Crippen molar-refractivity contribution in [2.75, 3.05) is 26.4 Å². The molecule has 1 unspecified atom stereocenters. The zero-order valence-corrected chi connectivity index (χ0v) is 35.8. The fraction of sp³-hybridized carbons (Fsp3) is 0.800. The normalized spacial score (nSPS) is 13.9. The Labute approximate surface area is 332 Å². The molecule has 0 aliphatic carbocycles. The molecule has 316 valence electrons. The van der Waals surface area contributed by atoms with Crippen LogP contribution >= 0.6 is 7.82 Å². The molecule has 2 atom stereocenters. The first-order valence-electron chi connectivity index (χ1n) is 22.2. The summed E-state index contributed by atoms with van der Waals surface area (Å²) in [4.78, 5) is 22.5. The van der Waals surface area contributed by atoms with Crippen molar-refractivity contribution in [3.05, 3.63) is 48.8 Å². The van der Waals surface area contributed by atoms with Gasteiger partial charge in [0.25, 0.3) is 0 Å². The van der Waals surface area contributed by atoms with Crippen molar-refractivity contribution in [1.29, 1.82) is 0 Å². The lowest BCUT2D eigenvalue weighted by Gasteiger charge is -2.19. The molecular weight excluding hydrogens is 697 g/mol. The second-order valence-electron chi connectivity index (χ2n) is 14.6. The number of phosphoric acid groups is 1. The van der Waals surface area contributed by atoms with Gasteiger partial charge in [-0.1, -0.05) is 153 Å². The molecule has 0 aromatic carbocycles. The molecule has 9 heteroatoms. The standard InChI is InChI=1S/C45H84NO7P/c1-3-5-7-9-11-13-15-17-19-21-22-23-24-26-28-30-32-34-36-38-45(47)53-44(43-52-54(48,49)51-41-39-46)42-50-40-37-35-33-31-29-27-25-20-18-16-14-12-10-8-6-4-2/h11,13-14,16-17,19,37,40,44H,3-10,12,15,18,20-36,38-39,41-43,46H2,1-2H3,(H,48,49)/t44-/m1/s1. The van der Waals surface area contributed by atoms with Gasteiger partial charge >= 0.3 is 13.8 Å². The topological polar surface area (TPSA) is 117 Å². The molecule has 0 aromatic heterocycles. The Kier molecular flexibility index (Phi) is 41.1. The zero-order valence-electron chi connectivity index (χ0n) is 35.0. The Hall–Kier alpha value is -1.70. The van der Waals surface area contributed by atoms with Crippen LogP contribution < -0.4 is 5.73 Å². The van der Waals surface area contributed by atoms with Gasteiger partial charge in [-0.25, -0.2) is 4.57 Å². The second-order valence-corrected chi connectivity index (χ2v) is 16.1. The summed E-state index contributed by atoms with van der Waals surface area (Å²) in [6.45, 7) is 4.20. The number of hydrogen-bond donors (Lipinski definition) is 2. The smallest absolute Gasteiger partial charge is 0.472 e. The van der Waals surface area contributed by atoms with Gasteiger partial charge in [0.15, 0.2) is 6.10 Å². The van der Waals surface area contributed by atoms with Crippen LogP contribution in [-0.2, 0) is 27.9 Å². The highest BCUT2D eigenvalue weighted by molar-refractivity contribution is 7.47. The SMILES string of the molecule is CCCCCC=CCC=CCCCCCCCCCCCC(=O)O[C@H](COC=CCCCCCCCCC=CCCCCCC)COP(=O)(O)OCCN. The molecule has 0 spiro atoms. The van der Waals surface area contributed by atoms with E-state index >= 15 is 0 Å². The van der Waals surface area contributed by atoms with Crippen LogP contribution in [0.5, 0.6) is 0 Å². The van der Waals surface area contributed by atoms with Crippen molar-refractivity contribution in [3.63, 3.8) is 0 Å². The van der Waals surface area contributed by atoms with Crippen molar-refractivity contribution >= 4 is 13.8 Å². The lowest BCUT2D eigenvalue weighted by atomic mass is 10.1. The van der Waals surface area contributed by atoms with Crippen LogP contribution in [0.2, 0.25) is 0 Å². The van der Waals surface area contributed by atoms with Crippen molar-refractivity contribution in [3.8, 4) is 0 Å². The molecule has 0 fully saturated rings. The first-order chi connectivity index (χ1) is 26.4. The quantitative estimate of drug-likeness (QED) is 0.0207. The molecule has 54 heavy (non-hydrogen) atoms. The molecule has 3 N–H and O–H groups in total. The summed E-state index contributed by atoms with van der Waals surface area (Å²) in [7, 11) is -4.30. The van der Waals surface area contributed by atoms with Gasteiger partial charge in [-0.2, -0.15) is 0 Å². The fourth-order valence-corrected chi connectivity index (χ4v) is 6.75. The number of phosphoric ester groups is 1. The van der Waals surface area contributed by atoms with Gasteiger partial charge in [0.05, 0.1) is 19.5 Å². The highest BCUT2D eigenvalue weighted by atomic mass is 31.2. The van der Waals surface area contributed by atoms with Gasteiger partial charge in [0.2, 0.25) is 0 Å². The minimum absolute atomic E-state index is 0.0269. The Morgan fingerprint density at radius 1 is 0.574 bits per heavy atom. The molecule has 0 amide bonds. The van der Waals surface area contributed by atoms with Gasteiger partial charge in [-0.15, -0.1) is 0 Å². The van der Waals surface area contributed by atoms with Crippen molar-refractivity contribution in [1.82, 2.24) is 0 Å². The third kappa shape index (κ3) is 41.5. The number of hydrogen-bond acceptors (Lipinski definition) is 7.